The Morgan fingerprint density at radius 3 is 2.71 bits per heavy atom. The second kappa shape index (κ2) is 5.87. The van der Waals surface area contributed by atoms with Crippen LogP contribution in [0.2, 0.25) is 5.15 Å². The largest absolute Gasteiger partial charge is 0.507 e. The van der Waals surface area contributed by atoms with Crippen molar-refractivity contribution in [1.29, 1.82) is 0 Å². The van der Waals surface area contributed by atoms with Crippen molar-refractivity contribution in [2.75, 3.05) is 0 Å². The predicted molar refractivity (Wildman–Crippen MR) is 90.6 cm³/mol. The number of aryl methyl sites for hydroxylation is 1. The summed E-state index contributed by atoms with van der Waals surface area (Å²) in [7, 11) is 0. The Hall–Kier alpha value is -2.47. The molecule has 0 spiro atoms. The highest BCUT2D eigenvalue weighted by Crippen LogP contribution is 2.30. The summed E-state index contributed by atoms with van der Waals surface area (Å²) < 4.78 is 15.1. The van der Waals surface area contributed by atoms with Crippen LogP contribution in [-0.2, 0) is 0 Å². The van der Waals surface area contributed by atoms with Crippen LogP contribution in [0.3, 0.4) is 0 Å². The second-order valence-corrected chi connectivity index (χ2v) is 6.21. The molecule has 0 bridgehead atoms. The fraction of sp³-hybridized carbons (Fsp3) is 0.235. The van der Waals surface area contributed by atoms with Crippen molar-refractivity contribution in [3.8, 4) is 11.4 Å². The molecule has 0 aliphatic heterocycles. The monoisotopic (exact) mass is 347 g/mol. The molecule has 0 aliphatic rings. The molecule has 0 radical (unpaired) electrons. The van der Waals surface area contributed by atoms with Crippen molar-refractivity contribution < 1.29 is 9.50 Å². The number of aromatic nitrogens is 3. The van der Waals surface area contributed by atoms with Gasteiger partial charge in [0.2, 0.25) is 0 Å². The Morgan fingerprint density at radius 2 is 2.04 bits per heavy atom. The molecular weight excluding hydrogens is 333 g/mol. The zero-order chi connectivity index (χ0) is 17.6. The molecule has 3 rings (SSSR count). The lowest BCUT2D eigenvalue weighted by molar-refractivity contribution is 0.479. The van der Waals surface area contributed by atoms with E-state index in [1.807, 2.05) is 20.8 Å². The van der Waals surface area contributed by atoms with Crippen molar-refractivity contribution in [1.82, 2.24) is 14.5 Å². The fourth-order valence-electron chi connectivity index (χ4n) is 2.68. The number of rotatable bonds is 2. The summed E-state index contributed by atoms with van der Waals surface area (Å²) in [6.07, 6.45) is 1.67. The lowest BCUT2D eigenvalue weighted by Crippen LogP contribution is -2.22. The normalized spacial score (nSPS) is 11.4. The van der Waals surface area contributed by atoms with Gasteiger partial charge in [-0.15, -0.1) is 0 Å². The van der Waals surface area contributed by atoms with Gasteiger partial charge in [-0.1, -0.05) is 25.4 Å². The molecule has 0 fully saturated rings. The van der Waals surface area contributed by atoms with E-state index in [-0.39, 0.29) is 27.9 Å². The second-order valence-electron chi connectivity index (χ2n) is 5.85. The van der Waals surface area contributed by atoms with Crippen LogP contribution in [0.1, 0.15) is 31.0 Å². The fourth-order valence-corrected chi connectivity index (χ4v) is 2.82. The van der Waals surface area contributed by atoms with Crippen molar-refractivity contribution >= 4 is 22.6 Å². The maximum absolute atomic E-state index is 13.7. The van der Waals surface area contributed by atoms with Gasteiger partial charge in [-0.2, -0.15) is 0 Å². The summed E-state index contributed by atoms with van der Waals surface area (Å²) in [4.78, 5) is 20.9. The average Bonchev–Trinajstić information content (AvgIpc) is 2.50. The Balaban J connectivity index is 2.53. The molecule has 24 heavy (non-hydrogen) atoms. The first-order chi connectivity index (χ1) is 11.3. The number of fused-ring (bicyclic) bond motifs is 1. The zero-order valence-electron chi connectivity index (χ0n) is 13.3. The lowest BCUT2D eigenvalue weighted by atomic mass is 10.0. The summed E-state index contributed by atoms with van der Waals surface area (Å²) >= 11 is 5.80. The van der Waals surface area contributed by atoms with Gasteiger partial charge in [0.1, 0.15) is 5.75 Å². The first-order valence-corrected chi connectivity index (χ1v) is 7.75. The molecule has 3 heterocycles. The first-order valence-electron chi connectivity index (χ1n) is 7.38. The van der Waals surface area contributed by atoms with Gasteiger partial charge in [-0.05, 0) is 30.5 Å². The Bertz CT molecular complexity index is 1010. The molecule has 3 aromatic heterocycles. The molecule has 0 saturated heterocycles. The topological polar surface area (TPSA) is 68.0 Å². The van der Waals surface area contributed by atoms with Crippen molar-refractivity contribution in [2.45, 2.75) is 26.7 Å². The molecule has 0 aromatic carbocycles. The van der Waals surface area contributed by atoms with Crippen LogP contribution in [0.5, 0.6) is 5.75 Å². The molecule has 0 aliphatic carbocycles. The van der Waals surface area contributed by atoms with Crippen molar-refractivity contribution in [2.24, 2.45) is 0 Å². The molecular formula is C17H15ClFN3O2. The summed E-state index contributed by atoms with van der Waals surface area (Å²) in [6, 6.07) is 3.88. The predicted octanol–water partition coefficient (Wildman–Crippen LogP) is 3.71. The molecule has 0 unspecified atom stereocenters. The third-order valence-corrected chi connectivity index (χ3v) is 4.07. The molecule has 3 aromatic rings. The number of nitrogens with zero attached hydrogens (tertiary/aromatic N) is 3. The highest BCUT2D eigenvalue weighted by atomic mass is 35.5. The summed E-state index contributed by atoms with van der Waals surface area (Å²) in [5.41, 5.74) is 1.67. The van der Waals surface area contributed by atoms with E-state index in [2.05, 4.69) is 9.97 Å². The van der Waals surface area contributed by atoms with E-state index in [0.29, 0.717) is 11.4 Å². The van der Waals surface area contributed by atoms with Crippen LogP contribution < -0.4 is 5.56 Å². The highest BCUT2D eigenvalue weighted by Gasteiger charge is 2.19. The molecule has 7 heteroatoms. The van der Waals surface area contributed by atoms with Gasteiger partial charge in [0.05, 0.1) is 16.8 Å². The summed E-state index contributed by atoms with van der Waals surface area (Å²) in [5, 5.41) is 9.75. The quantitative estimate of drug-likeness (QED) is 0.717. The number of hydrogen-bond donors (Lipinski definition) is 1. The van der Waals surface area contributed by atoms with Gasteiger partial charge in [0.25, 0.3) is 5.56 Å². The highest BCUT2D eigenvalue weighted by molar-refractivity contribution is 6.30. The van der Waals surface area contributed by atoms with Gasteiger partial charge < -0.3 is 5.11 Å². The van der Waals surface area contributed by atoms with Crippen LogP contribution in [0, 0.1) is 12.7 Å². The van der Waals surface area contributed by atoms with Crippen LogP contribution in [0.15, 0.2) is 29.2 Å². The van der Waals surface area contributed by atoms with Gasteiger partial charge in [0.15, 0.2) is 16.6 Å². The number of pyridine rings is 3. The smallest absolute Gasteiger partial charge is 0.260 e. The van der Waals surface area contributed by atoms with Gasteiger partial charge in [0, 0.05) is 12.3 Å². The van der Waals surface area contributed by atoms with Crippen molar-refractivity contribution in [3.63, 3.8) is 0 Å². The van der Waals surface area contributed by atoms with E-state index in [0.717, 1.165) is 17.7 Å². The molecule has 124 valence electrons. The van der Waals surface area contributed by atoms with Gasteiger partial charge in [-0.3, -0.25) is 14.3 Å². The van der Waals surface area contributed by atoms with E-state index < -0.39 is 11.4 Å². The van der Waals surface area contributed by atoms with Crippen molar-refractivity contribution in [3.05, 3.63) is 57.0 Å². The van der Waals surface area contributed by atoms with Crippen LogP contribution in [0.4, 0.5) is 4.39 Å². The maximum Gasteiger partial charge on any atom is 0.260 e. The lowest BCUT2D eigenvalue weighted by Gasteiger charge is -2.18. The third-order valence-electron chi connectivity index (χ3n) is 3.81. The SMILES string of the molecule is Cc1ccnc(C(C)C)c1-n1c(=O)cc(O)c2cc(F)c(Cl)nc21. The zero-order valence-corrected chi connectivity index (χ0v) is 14.1. The standard InChI is InChI=1S/C17H15ClFN3O2/c1-8(2)14-15(9(3)4-5-20-14)22-13(24)7-12(23)10-6-11(19)16(18)21-17(10)22/h4-8,23H,1-3H3. The molecule has 0 saturated carbocycles. The van der Waals surface area contributed by atoms with Crippen LogP contribution in [-0.4, -0.2) is 19.6 Å². The van der Waals surface area contributed by atoms with E-state index in [1.165, 1.54) is 4.57 Å². The van der Waals surface area contributed by atoms with Crippen LogP contribution in [0.25, 0.3) is 16.7 Å². The number of hydrogen-bond acceptors (Lipinski definition) is 4. The molecule has 0 atom stereocenters. The first kappa shape index (κ1) is 16.4. The van der Waals surface area contributed by atoms with E-state index in [9.17, 15) is 14.3 Å². The average molecular weight is 348 g/mol. The minimum absolute atomic E-state index is 0.0478. The van der Waals surface area contributed by atoms with Gasteiger partial charge in [-0.25, -0.2) is 9.37 Å². The summed E-state index contributed by atoms with van der Waals surface area (Å²) in [6.45, 7) is 5.76. The minimum atomic E-state index is -0.767. The number of aromatic hydroxyl groups is 1. The van der Waals surface area contributed by atoms with Crippen LogP contribution >= 0.6 is 11.6 Å². The summed E-state index contributed by atoms with van der Waals surface area (Å²) in [5.74, 6) is -1.06. The minimum Gasteiger partial charge on any atom is -0.507 e. The Kier molecular flexibility index (Phi) is 4.01. The van der Waals surface area contributed by atoms with E-state index in [1.54, 1.807) is 12.3 Å². The third kappa shape index (κ3) is 2.53. The van der Waals surface area contributed by atoms with E-state index in [4.69, 9.17) is 11.6 Å². The molecule has 1 N–H and O–H groups in total. The molecule has 5 nitrogen and oxygen atoms in total. The Labute approximate surface area is 142 Å². The number of halogens is 2. The van der Waals surface area contributed by atoms with E-state index >= 15 is 0 Å². The molecule has 0 amide bonds. The Morgan fingerprint density at radius 1 is 1.33 bits per heavy atom. The maximum atomic E-state index is 13.7. The van der Waals surface area contributed by atoms with Gasteiger partial charge >= 0.3 is 0 Å².